The van der Waals surface area contributed by atoms with E-state index in [4.69, 9.17) is 4.74 Å². The van der Waals surface area contributed by atoms with E-state index in [0.29, 0.717) is 0 Å². The number of hydrogen-bond donors (Lipinski definition) is 1. The first-order chi connectivity index (χ1) is 10.8. The van der Waals surface area contributed by atoms with Crippen molar-refractivity contribution in [3.63, 3.8) is 0 Å². The number of nitrogens with zero attached hydrogens (tertiary/aromatic N) is 1. The number of carbonyl (C=O) groups excluding carboxylic acids is 1. The molecule has 1 aromatic heterocycles. The molecule has 0 bridgehead atoms. The van der Waals surface area contributed by atoms with Crippen LogP contribution in [0.25, 0.3) is 0 Å². The monoisotopic (exact) mass is 300 g/mol. The number of nitrogens with one attached hydrogen (secondary N) is 1. The Hall–Kier alpha value is -2.06. The predicted molar refractivity (Wildman–Crippen MR) is 82.7 cm³/mol. The van der Waals surface area contributed by atoms with E-state index >= 15 is 0 Å². The van der Waals surface area contributed by atoms with Crippen molar-refractivity contribution < 1.29 is 9.53 Å². The zero-order chi connectivity index (χ0) is 15.4. The normalized spacial score (nSPS) is 20.8. The van der Waals surface area contributed by atoms with Gasteiger partial charge in [0.15, 0.2) is 0 Å². The van der Waals surface area contributed by atoms with E-state index in [2.05, 4.69) is 17.2 Å². The Balaban J connectivity index is 1.57. The van der Waals surface area contributed by atoms with Crippen molar-refractivity contribution in [3.8, 4) is 11.8 Å². The van der Waals surface area contributed by atoms with Gasteiger partial charge in [0.2, 0.25) is 0 Å². The van der Waals surface area contributed by atoms with Crippen molar-refractivity contribution in [2.45, 2.75) is 44.2 Å². The number of aromatic nitrogens is 1. The highest BCUT2D eigenvalue weighted by Crippen LogP contribution is 2.33. The summed E-state index contributed by atoms with van der Waals surface area (Å²) in [5.74, 6) is 5.56. The molecule has 0 radical (unpaired) electrons. The van der Waals surface area contributed by atoms with E-state index in [1.165, 1.54) is 0 Å². The number of pyridine rings is 1. The molecule has 1 amide bonds. The molecule has 0 aromatic carbocycles. The van der Waals surface area contributed by atoms with E-state index in [1.807, 2.05) is 0 Å². The van der Waals surface area contributed by atoms with Crippen molar-refractivity contribution in [3.05, 3.63) is 34.2 Å². The molecule has 5 heteroatoms. The Labute approximate surface area is 129 Å². The Morgan fingerprint density at radius 2 is 2.23 bits per heavy atom. The van der Waals surface area contributed by atoms with Crippen LogP contribution in [0.5, 0.6) is 0 Å². The average Bonchev–Trinajstić information content (AvgIpc) is 3.37. The molecule has 2 aliphatic rings. The van der Waals surface area contributed by atoms with Crippen LogP contribution in [0.1, 0.15) is 48.5 Å². The summed E-state index contributed by atoms with van der Waals surface area (Å²) in [7, 11) is 0. The van der Waals surface area contributed by atoms with Crippen LogP contribution in [0, 0.1) is 11.8 Å². The van der Waals surface area contributed by atoms with Gasteiger partial charge in [-0.05, 0) is 44.2 Å². The molecule has 1 saturated carbocycles. The SMILES string of the molecule is O=C(NCC#CC1CCCCO1)c1cccn(C2CC2)c1=O. The Morgan fingerprint density at radius 1 is 1.36 bits per heavy atom. The van der Waals surface area contributed by atoms with E-state index in [9.17, 15) is 9.59 Å². The molecule has 1 saturated heterocycles. The molecule has 2 heterocycles. The van der Waals surface area contributed by atoms with Crippen LogP contribution in [0.2, 0.25) is 0 Å². The van der Waals surface area contributed by atoms with Crippen molar-refractivity contribution in [1.82, 2.24) is 9.88 Å². The van der Waals surface area contributed by atoms with Gasteiger partial charge in [-0.15, -0.1) is 0 Å². The number of ether oxygens (including phenoxy) is 1. The quantitative estimate of drug-likeness (QED) is 0.860. The lowest BCUT2D eigenvalue weighted by molar-refractivity contribution is 0.0525. The molecular formula is C17H20N2O3. The highest BCUT2D eigenvalue weighted by Gasteiger charge is 2.25. The van der Waals surface area contributed by atoms with Gasteiger partial charge in [-0.3, -0.25) is 9.59 Å². The number of carbonyl (C=O) groups is 1. The molecule has 1 atom stereocenters. The third kappa shape index (κ3) is 3.58. The molecule has 3 rings (SSSR count). The lowest BCUT2D eigenvalue weighted by atomic mass is 10.1. The molecule has 116 valence electrons. The molecule has 1 N–H and O–H groups in total. The number of amides is 1. The van der Waals surface area contributed by atoms with E-state index in [1.54, 1.807) is 22.9 Å². The van der Waals surface area contributed by atoms with Crippen molar-refractivity contribution in [1.29, 1.82) is 0 Å². The van der Waals surface area contributed by atoms with Gasteiger partial charge < -0.3 is 14.6 Å². The Morgan fingerprint density at radius 3 is 2.95 bits per heavy atom. The first kappa shape index (κ1) is 14.9. The molecule has 2 fully saturated rings. The second-order valence-corrected chi connectivity index (χ2v) is 5.72. The minimum Gasteiger partial charge on any atom is -0.366 e. The summed E-state index contributed by atoms with van der Waals surface area (Å²) < 4.78 is 7.15. The minimum atomic E-state index is -0.362. The topological polar surface area (TPSA) is 60.3 Å². The summed E-state index contributed by atoms with van der Waals surface area (Å²) in [5.41, 5.74) is -0.0313. The van der Waals surface area contributed by atoms with Crippen LogP contribution >= 0.6 is 0 Å². The van der Waals surface area contributed by atoms with Gasteiger partial charge in [0.1, 0.15) is 11.7 Å². The van der Waals surface area contributed by atoms with Gasteiger partial charge >= 0.3 is 0 Å². The zero-order valence-corrected chi connectivity index (χ0v) is 12.5. The maximum absolute atomic E-state index is 12.2. The van der Waals surface area contributed by atoms with Crippen LogP contribution in [0.4, 0.5) is 0 Å². The summed E-state index contributed by atoms with van der Waals surface area (Å²) in [4.78, 5) is 24.3. The number of rotatable bonds is 3. The summed E-state index contributed by atoms with van der Waals surface area (Å²) in [5, 5.41) is 2.68. The molecule has 22 heavy (non-hydrogen) atoms. The largest absolute Gasteiger partial charge is 0.366 e. The first-order valence-corrected chi connectivity index (χ1v) is 7.85. The van der Waals surface area contributed by atoms with E-state index < -0.39 is 0 Å². The van der Waals surface area contributed by atoms with Crippen LogP contribution in [0.3, 0.4) is 0 Å². The van der Waals surface area contributed by atoms with Gasteiger partial charge in [0.25, 0.3) is 11.5 Å². The highest BCUT2D eigenvalue weighted by atomic mass is 16.5. The van der Waals surface area contributed by atoms with Crippen molar-refractivity contribution in [2.24, 2.45) is 0 Å². The van der Waals surface area contributed by atoms with Crippen molar-refractivity contribution >= 4 is 5.91 Å². The van der Waals surface area contributed by atoms with E-state index in [0.717, 1.165) is 38.7 Å². The zero-order valence-electron chi connectivity index (χ0n) is 12.5. The fraction of sp³-hybridized carbons (Fsp3) is 0.529. The molecule has 0 spiro atoms. The fourth-order valence-corrected chi connectivity index (χ4v) is 2.56. The summed E-state index contributed by atoms with van der Waals surface area (Å²) in [6.07, 6.45) is 6.93. The lowest BCUT2D eigenvalue weighted by Gasteiger charge is -2.17. The molecule has 1 aliphatic carbocycles. The minimum absolute atomic E-state index is 0.0190. The fourth-order valence-electron chi connectivity index (χ4n) is 2.56. The van der Waals surface area contributed by atoms with Gasteiger partial charge in [-0.2, -0.15) is 0 Å². The maximum atomic E-state index is 12.2. The van der Waals surface area contributed by atoms with Gasteiger partial charge in [-0.25, -0.2) is 0 Å². The van der Waals surface area contributed by atoms with Gasteiger partial charge in [-0.1, -0.05) is 11.8 Å². The molecule has 1 aromatic rings. The summed E-state index contributed by atoms with van der Waals surface area (Å²) >= 11 is 0. The third-order valence-corrected chi connectivity index (χ3v) is 3.94. The van der Waals surface area contributed by atoms with Crippen LogP contribution in [-0.2, 0) is 4.74 Å². The smallest absolute Gasteiger partial charge is 0.263 e. The summed E-state index contributed by atoms with van der Waals surface area (Å²) in [6, 6.07) is 3.58. The Kier molecular flexibility index (Phi) is 4.59. The molecule has 5 nitrogen and oxygen atoms in total. The summed E-state index contributed by atoms with van der Waals surface area (Å²) in [6.45, 7) is 0.993. The molecule has 1 unspecified atom stereocenters. The second kappa shape index (κ2) is 6.80. The van der Waals surface area contributed by atoms with Crippen LogP contribution in [0.15, 0.2) is 23.1 Å². The molecule has 1 aliphatic heterocycles. The Bertz CT molecular complexity index is 658. The number of hydrogen-bond acceptors (Lipinski definition) is 3. The van der Waals surface area contributed by atoms with Gasteiger partial charge in [0.05, 0.1) is 6.54 Å². The average molecular weight is 300 g/mol. The standard InChI is InChI=1S/C17H20N2O3/c20-16(18-10-3-6-14-5-1-2-12-22-14)15-7-4-11-19(17(15)21)13-8-9-13/h4,7,11,13-14H,1-2,5,8-10,12H2,(H,18,20). The van der Waals surface area contributed by atoms with Crippen LogP contribution in [-0.4, -0.2) is 29.7 Å². The predicted octanol–water partition coefficient (Wildman–Crippen LogP) is 1.49. The lowest BCUT2D eigenvalue weighted by Crippen LogP contribution is -2.32. The maximum Gasteiger partial charge on any atom is 0.263 e. The highest BCUT2D eigenvalue weighted by molar-refractivity contribution is 5.93. The van der Waals surface area contributed by atoms with Crippen molar-refractivity contribution in [2.75, 3.05) is 13.2 Å². The van der Waals surface area contributed by atoms with Gasteiger partial charge in [0, 0.05) is 18.8 Å². The third-order valence-electron chi connectivity index (χ3n) is 3.94. The van der Waals surface area contributed by atoms with Crippen LogP contribution < -0.4 is 10.9 Å². The molecular weight excluding hydrogens is 280 g/mol. The van der Waals surface area contributed by atoms with E-state index in [-0.39, 0.29) is 35.7 Å². The first-order valence-electron chi connectivity index (χ1n) is 7.85. The second-order valence-electron chi connectivity index (χ2n) is 5.72.